The number of benzene rings is 2. The Bertz CT molecular complexity index is 861. The van der Waals surface area contributed by atoms with Crippen LogP contribution in [0.3, 0.4) is 0 Å². The lowest BCUT2D eigenvalue weighted by atomic mass is 10.00. The van der Waals surface area contributed by atoms with E-state index in [-0.39, 0.29) is 11.9 Å². The van der Waals surface area contributed by atoms with Crippen LogP contribution in [0.15, 0.2) is 58.3 Å². The van der Waals surface area contributed by atoms with Crippen molar-refractivity contribution in [1.29, 1.82) is 5.26 Å². The fourth-order valence-electron chi connectivity index (χ4n) is 3.70. The average molecular weight is 394 g/mol. The van der Waals surface area contributed by atoms with Gasteiger partial charge in [-0.2, -0.15) is 5.26 Å². The Morgan fingerprint density at radius 3 is 2.71 bits per heavy atom. The fourth-order valence-corrected chi connectivity index (χ4v) is 4.72. The summed E-state index contributed by atoms with van der Waals surface area (Å²) >= 11 is 1.46. The van der Waals surface area contributed by atoms with Gasteiger partial charge in [0, 0.05) is 28.9 Å². The van der Waals surface area contributed by atoms with Crippen molar-refractivity contribution in [2.75, 3.05) is 19.6 Å². The second kappa shape index (κ2) is 9.77. The summed E-state index contributed by atoms with van der Waals surface area (Å²) in [4.78, 5) is 17.1. The molecule has 28 heavy (non-hydrogen) atoms. The van der Waals surface area contributed by atoms with E-state index < -0.39 is 0 Å². The molecule has 0 spiro atoms. The van der Waals surface area contributed by atoms with Crippen molar-refractivity contribution < 1.29 is 4.79 Å². The number of nitrogens with zero attached hydrogens (tertiary/aromatic N) is 2. The summed E-state index contributed by atoms with van der Waals surface area (Å²) in [5, 5.41) is 12.5. The van der Waals surface area contributed by atoms with Crippen LogP contribution in [0.25, 0.3) is 0 Å². The first-order valence-electron chi connectivity index (χ1n) is 9.86. The van der Waals surface area contributed by atoms with Crippen molar-refractivity contribution in [3.8, 4) is 6.07 Å². The smallest absolute Gasteiger partial charge is 0.252 e. The summed E-state index contributed by atoms with van der Waals surface area (Å²) in [7, 11) is 0. The minimum atomic E-state index is -0.0601. The molecule has 2 atom stereocenters. The molecule has 3 rings (SSSR count). The topological polar surface area (TPSA) is 56.1 Å². The van der Waals surface area contributed by atoms with Gasteiger partial charge in [0.1, 0.15) is 6.07 Å². The monoisotopic (exact) mass is 393 g/mol. The van der Waals surface area contributed by atoms with Crippen molar-refractivity contribution in [2.45, 2.75) is 42.5 Å². The first-order valence-corrected chi connectivity index (χ1v) is 10.7. The number of piperidine rings is 1. The van der Waals surface area contributed by atoms with Gasteiger partial charge in [0.15, 0.2) is 0 Å². The number of hydrogen-bond acceptors (Lipinski definition) is 4. The van der Waals surface area contributed by atoms with Gasteiger partial charge in [-0.25, -0.2) is 0 Å². The number of carbonyl (C=O) groups is 1. The molecule has 2 aromatic rings. The number of rotatable bonds is 6. The van der Waals surface area contributed by atoms with Gasteiger partial charge in [0.05, 0.1) is 11.1 Å². The third-order valence-corrected chi connectivity index (χ3v) is 6.16. The van der Waals surface area contributed by atoms with Gasteiger partial charge in [-0.15, -0.1) is 0 Å². The Morgan fingerprint density at radius 2 is 1.96 bits per heavy atom. The maximum Gasteiger partial charge on any atom is 0.252 e. The number of hydrogen-bond donors (Lipinski definition) is 1. The molecule has 0 aromatic heterocycles. The third kappa shape index (κ3) is 5.37. The van der Waals surface area contributed by atoms with Gasteiger partial charge >= 0.3 is 0 Å². The predicted molar refractivity (Wildman–Crippen MR) is 113 cm³/mol. The highest BCUT2D eigenvalue weighted by atomic mass is 32.2. The van der Waals surface area contributed by atoms with E-state index >= 15 is 0 Å². The summed E-state index contributed by atoms with van der Waals surface area (Å²) in [6.07, 6.45) is 2.53. The van der Waals surface area contributed by atoms with Gasteiger partial charge in [0.2, 0.25) is 0 Å². The quantitative estimate of drug-likeness (QED) is 0.782. The summed E-state index contributed by atoms with van der Waals surface area (Å²) < 4.78 is 0. The fraction of sp³-hybridized carbons (Fsp3) is 0.391. The first kappa shape index (κ1) is 20.4. The molecule has 146 valence electrons. The molecule has 1 saturated heterocycles. The van der Waals surface area contributed by atoms with Crippen LogP contribution < -0.4 is 5.32 Å². The molecule has 1 aliphatic heterocycles. The molecule has 1 N–H and O–H groups in total. The van der Waals surface area contributed by atoms with E-state index in [2.05, 4.69) is 30.1 Å². The highest BCUT2D eigenvalue weighted by Crippen LogP contribution is 2.32. The zero-order chi connectivity index (χ0) is 19.9. The summed E-state index contributed by atoms with van der Waals surface area (Å²) in [5.41, 5.74) is 1.27. The van der Waals surface area contributed by atoms with E-state index in [0.29, 0.717) is 11.1 Å². The molecule has 0 saturated carbocycles. The standard InChI is InChI=1S/C23H27N3OS/c1-17-8-7-13-26(15-17)16-18(2)25-23(27)20-10-4-6-12-22(20)28-21-11-5-3-9-19(21)14-24/h3-6,9-12,17-18H,7-8,13,15-16H2,1-2H3,(H,25,27). The Morgan fingerprint density at radius 1 is 1.25 bits per heavy atom. The molecular formula is C23H27N3OS. The van der Waals surface area contributed by atoms with Crippen LogP contribution in [-0.2, 0) is 0 Å². The Balaban J connectivity index is 1.68. The molecule has 0 bridgehead atoms. The van der Waals surface area contributed by atoms with Crippen molar-refractivity contribution in [1.82, 2.24) is 10.2 Å². The van der Waals surface area contributed by atoms with E-state index in [1.807, 2.05) is 42.5 Å². The van der Waals surface area contributed by atoms with Gasteiger partial charge in [0.25, 0.3) is 5.91 Å². The number of nitriles is 1. The van der Waals surface area contributed by atoms with E-state index in [1.165, 1.54) is 24.6 Å². The second-order valence-electron chi connectivity index (χ2n) is 7.59. The Labute approximate surface area is 171 Å². The number of nitrogens with one attached hydrogen (secondary N) is 1. The summed E-state index contributed by atoms with van der Waals surface area (Å²) in [6.45, 7) is 7.46. The van der Waals surface area contributed by atoms with Crippen LogP contribution in [0, 0.1) is 17.2 Å². The SMILES string of the molecule is CC1CCCN(CC(C)NC(=O)c2ccccc2Sc2ccccc2C#N)C1. The van der Waals surface area contributed by atoms with Gasteiger partial charge in [-0.05, 0) is 56.5 Å². The molecule has 0 radical (unpaired) electrons. The Hall–Kier alpha value is -2.29. The van der Waals surface area contributed by atoms with E-state index in [0.717, 1.165) is 35.3 Å². The zero-order valence-electron chi connectivity index (χ0n) is 16.5. The lowest BCUT2D eigenvalue weighted by Gasteiger charge is -2.32. The number of likely N-dealkylation sites (tertiary alicyclic amines) is 1. The molecule has 1 fully saturated rings. The van der Waals surface area contributed by atoms with E-state index in [4.69, 9.17) is 0 Å². The first-order chi connectivity index (χ1) is 13.6. The second-order valence-corrected chi connectivity index (χ2v) is 8.67. The molecule has 0 aliphatic carbocycles. The van der Waals surface area contributed by atoms with Crippen molar-refractivity contribution >= 4 is 17.7 Å². The van der Waals surface area contributed by atoms with Gasteiger partial charge in [-0.1, -0.05) is 43.0 Å². The van der Waals surface area contributed by atoms with Crippen LogP contribution in [0.1, 0.15) is 42.6 Å². The van der Waals surface area contributed by atoms with Crippen LogP contribution in [0.2, 0.25) is 0 Å². The molecule has 1 aliphatic rings. The van der Waals surface area contributed by atoms with Crippen molar-refractivity contribution in [3.63, 3.8) is 0 Å². The minimum Gasteiger partial charge on any atom is -0.348 e. The predicted octanol–water partition coefficient (Wildman–Crippen LogP) is 4.56. The van der Waals surface area contributed by atoms with Crippen LogP contribution >= 0.6 is 11.8 Å². The summed E-state index contributed by atoms with van der Waals surface area (Å²) in [6, 6.07) is 17.4. The van der Waals surface area contributed by atoms with Gasteiger partial charge < -0.3 is 10.2 Å². The highest BCUT2D eigenvalue weighted by molar-refractivity contribution is 7.99. The van der Waals surface area contributed by atoms with E-state index in [9.17, 15) is 10.1 Å². The average Bonchev–Trinajstić information content (AvgIpc) is 2.68. The summed E-state index contributed by atoms with van der Waals surface area (Å²) in [5.74, 6) is 0.670. The van der Waals surface area contributed by atoms with E-state index in [1.54, 1.807) is 6.07 Å². The normalized spacial score (nSPS) is 18.2. The Kier molecular flexibility index (Phi) is 7.13. The molecule has 4 nitrogen and oxygen atoms in total. The van der Waals surface area contributed by atoms with Crippen LogP contribution in [0.5, 0.6) is 0 Å². The van der Waals surface area contributed by atoms with Crippen LogP contribution in [0.4, 0.5) is 0 Å². The lowest BCUT2D eigenvalue weighted by Crippen LogP contribution is -2.45. The minimum absolute atomic E-state index is 0.0601. The number of carbonyl (C=O) groups excluding carboxylic acids is 1. The molecule has 1 heterocycles. The van der Waals surface area contributed by atoms with Gasteiger partial charge in [-0.3, -0.25) is 4.79 Å². The number of amides is 1. The molecule has 5 heteroatoms. The maximum atomic E-state index is 12.9. The van der Waals surface area contributed by atoms with Crippen molar-refractivity contribution in [2.24, 2.45) is 5.92 Å². The van der Waals surface area contributed by atoms with Crippen molar-refractivity contribution in [3.05, 3.63) is 59.7 Å². The largest absolute Gasteiger partial charge is 0.348 e. The third-order valence-electron chi connectivity index (χ3n) is 5.01. The maximum absolute atomic E-state index is 12.9. The zero-order valence-corrected chi connectivity index (χ0v) is 17.3. The molecule has 2 unspecified atom stereocenters. The lowest BCUT2D eigenvalue weighted by molar-refractivity contribution is 0.0917. The highest BCUT2D eigenvalue weighted by Gasteiger charge is 2.20. The molecule has 1 amide bonds. The molecule has 2 aromatic carbocycles. The molecular weight excluding hydrogens is 366 g/mol. The van der Waals surface area contributed by atoms with Crippen LogP contribution in [-0.4, -0.2) is 36.5 Å².